The fourth-order valence-electron chi connectivity index (χ4n) is 1.60. The number of aromatic nitrogens is 2. The van der Waals surface area contributed by atoms with Gasteiger partial charge in [0, 0.05) is 23.6 Å². The van der Waals surface area contributed by atoms with Gasteiger partial charge in [-0.25, -0.2) is 0 Å². The van der Waals surface area contributed by atoms with Gasteiger partial charge in [-0.2, -0.15) is 5.10 Å². The number of hydrogen-bond acceptors (Lipinski definition) is 3. The van der Waals surface area contributed by atoms with E-state index in [2.05, 4.69) is 12.0 Å². The average Bonchev–Trinajstić information content (AvgIpc) is 2.73. The highest BCUT2D eigenvalue weighted by atomic mass is 35.5. The van der Waals surface area contributed by atoms with Crippen molar-refractivity contribution in [1.29, 1.82) is 0 Å². The molecule has 2 heterocycles. The second-order valence-electron chi connectivity index (χ2n) is 3.33. The SMILES string of the molecule is CCc1c(-c2csc(Cl)c2)nn(C)c1N. The Morgan fingerprint density at radius 2 is 2.33 bits per heavy atom. The van der Waals surface area contributed by atoms with Crippen LogP contribution in [-0.2, 0) is 13.5 Å². The highest BCUT2D eigenvalue weighted by molar-refractivity contribution is 7.14. The summed E-state index contributed by atoms with van der Waals surface area (Å²) < 4.78 is 2.48. The molecule has 2 aromatic rings. The number of hydrogen-bond donors (Lipinski definition) is 1. The Balaban J connectivity index is 2.57. The number of thiophene rings is 1. The third-order valence-electron chi connectivity index (χ3n) is 2.39. The normalized spacial score (nSPS) is 10.9. The van der Waals surface area contributed by atoms with Crippen molar-refractivity contribution in [3.8, 4) is 11.3 Å². The van der Waals surface area contributed by atoms with E-state index in [9.17, 15) is 0 Å². The molecule has 0 amide bonds. The molecule has 3 nitrogen and oxygen atoms in total. The van der Waals surface area contributed by atoms with Crippen LogP contribution in [0.15, 0.2) is 11.4 Å². The van der Waals surface area contributed by atoms with Crippen LogP contribution in [0.4, 0.5) is 5.82 Å². The average molecular weight is 242 g/mol. The molecule has 0 fully saturated rings. The molecule has 80 valence electrons. The summed E-state index contributed by atoms with van der Waals surface area (Å²) in [5, 5.41) is 6.41. The van der Waals surface area contributed by atoms with Gasteiger partial charge in [0.15, 0.2) is 0 Å². The van der Waals surface area contributed by atoms with Gasteiger partial charge < -0.3 is 5.73 Å². The van der Waals surface area contributed by atoms with Gasteiger partial charge in [0.05, 0.1) is 10.0 Å². The van der Waals surface area contributed by atoms with Crippen molar-refractivity contribution in [3.63, 3.8) is 0 Å². The molecule has 0 aliphatic carbocycles. The standard InChI is InChI=1S/C10H12ClN3S/c1-3-7-9(13-14(2)10(7)12)6-4-8(11)15-5-6/h4-5H,3,12H2,1-2H3. The summed E-state index contributed by atoms with van der Waals surface area (Å²) in [6, 6.07) is 1.92. The Morgan fingerprint density at radius 3 is 2.87 bits per heavy atom. The lowest BCUT2D eigenvalue weighted by molar-refractivity contribution is 0.782. The first-order chi connectivity index (χ1) is 7.13. The molecular weight excluding hydrogens is 230 g/mol. The van der Waals surface area contributed by atoms with Crippen LogP contribution in [0.3, 0.4) is 0 Å². The summed E-state index contributed by atoms with van der Waals surface area (Å²) in [7, 11) is 1.85. The van der Waals surface area contributed by atoms with Crippen LogP contribution >= 0.6 is 22.9 Å². The first kappa shape index (κ1) is 10.5. The Morgan fingerprint density at radius 1 is 1.60 bits per heavy atom. The molecule has 0 aromatic carbocycles. The van der Waals surface area contributed by atoms with Crippen molar-refractivity contribution < 1.29 is 0 Å². The van der Waals surface area contributed by atoms with E-state index in [1.807, 2.05) is 18.5 Å². The molecule has 0 bridgehead atoms. The summed E-state index contributed by atoms with van der Waals surface area (Å²) in [5.41, 5.74) is 9.01. The molecule has 0 radical (unpaired) electrons. The van der Waals surface area contributed by atoms with Crippen LogP contribution in [0.1, 0.15) is 12.5 Å². The van der Waals surface area contributed by atoms with Crippen LogP contribution in [-0.4, -0.2) is 9.78 Å². The molecule has 0 spiro atoms. The predicted molar refractivity (Wildman–Crippen MR) is 65.3 cm³/mol. The van der Waals surface area contributed by atoms with Crippen LogP contribution < -0.4 is 5.73 Å². The summed E-state index contributed by atoms with van der Waals surface area (Å²) in [6.07, 6.45) is 0.877. The highest BCUT2D eigenvalue weighted by Crippen LogP contribution is 2.32. The lowest BCUT2D eigenvalue weighted by atomic mass is 10.1. The van der Waals surface area contributed by atoms with E-state index in [0.717, 1.165) is 33.4 Å². The maximum absolute atomic E-state index is 5.93. The number of anilines is 1. The molecular formula is C10H12ClN3S. The van der Waals surface area contributed by atoms with Crippen molar-refractivity contribution in [2.75, 3.05) is 5.73 Å². The van der Waals surface area contributed by atoms with E-state index < -0.39 is 0 Å². The zero-order valence-corrected chi connectivity index (χ0v) is 10.2. The molecule has 0 unspecified atom stereocenters. The number of aryl methyl sites for hydroxylation is 1. The number of nitrogens with zero attached hydrogens (tertiary/aromatic N) is 2. The minimum absolute atomic E-state index is 0.731. The molecule has 5 heteroatoms. The van der Waals surface area contributed by atoms with Crippen LogP contribution in [0.25, 0.3) is 11.3 Å². The molecule has 2 N–H and O–H groups in total. The van der Waals surface area contributed by atoms with Gasteiger partial charge in [-0.05, 0) is 12.5 Å². The Bertz CT molecular complexity index is 487. The van der Waals surface area contributed by atoms with Gasteiger partial charge in [-0.15, -0.1) is 11.3 Å². The fraction of sp³-hybridized carbons (Fsp3) is 0.300. The van der Waals surface area contributed by atoms with Crippen molar-refractivity contribution in [2.45, 2.75) is 13.3 Å². The highest BCUT2D eigenvalue weighted by Gasteiger charge is 2.14. The number of rotatable bonds is 2. The van der Waals surface area contributed by atoms with Crippen LogP contribution in [0.2, 0.25) is 4.34 Å². The summed E-state index contributed by atoms with van der Waals surface area (Å²) in [4.78, 5) is 0. The van der Waals surface area contributed by atoms with E-state index in [-0.39, 0.29) is 0 Å². The first-order valence-electron chi connectivity index (χ1n) is 4.69. The fourth-order valence-corrected chi connectivity index (χ4v) is 2.46. The largest absolute Gasteiger partial charge is 0.384 e. The van der Waals surface area contributed by atoms with Crippen molar-refractivity contribution >= 4 is 28.8 Å². The molecule has 0 saturated carbocycles. The van der Waals surface area contributed by atoms with Gasteiger partial charge in [0.1, 0.15) is 5.82 Å². The monoisotopic (exact) mass is 241 g/mol. The second-order valence-corrected chi connectivity index (χ2v) is 4.87. The predicted octanol–water partition coefficient (Wildman–Crippen LogP) is 2.95. The van der Waals surface area contributed by atoms with E-state index >= 15 is 0 Å². The van der Waals surface area contributed by atoms with E-state index in [1.54, 1.807) is 4.68 Å². The Kier molecular flexibility index (Phi) is 2.71. The Hall–Kier alpha value is -1.00. The van der Waals surface area contributed by atoms with Crippen LogP contribution in [0.5, 0.6) is 0 Å². The van der Waals surface area contributed by atoms with Crippen molar-refractivity contribution in [3.05, 3.63) is 21.3 Å². The van der Waals surface area contributed by atoms with Gasteiger partial charge >= 0.3 is 0 Å². The van der Waals surface area contributed by atoms with E-state index in [4.69, 9.17) is 17.3 Å². The zero-order valence-electron chi connectivity index (χ0n) is 8.62. The second kappa shape index (κ2) is 3.87. The van der Waals surface area contributed by atoms with E-state index in [1.165, 1.54) is 11.3 Å². The summed E-state index contributed by atoms with van der Waals surface area (Å²) in [6.45, 7) is 2.07. The smallest absolute Gasteiger partial charge is 0.125 e. The van der Waals surface area contributed by atoms with E-state index in [0.29, 0.717) is 0 Å². The van der Waals surface area contributed by atoms with Crippen molar-refractivity contribution in [2.24, 2.45) is 7.05 Å². The lowest BCUT2D eigenvalue weighted by Gasteiger charge is -1.97. The van der Waals surface area contributed by atoms with Crippen LogP contribution in [0, 0.1) is 0 Å². The molecule has 0 aliphatic heterocycles. The molecule has 15 heavy (non-hydrogen) atoms. The van der Waals surface area contributed by atoms with Gasteiger partial charge in [0.25, 0.3) is 0 Å². The summed E-state index contributed by atoms with van der Waals surface area (Å²) in [5.74, 6) is 0.731. The molecule has 2 aromatic heterocycles. The quantitative estimate of drug-likeness (QED) is 0.879. The third-order valence-corrected chi connectivity index (χ3v) is 3.48. The number of nitrogen functional groups attached to an aromatic ring is 1. The van der Waals surface area contributed by atoms with Crippen molar-refractivity contribution in [1.82, 2.24) is 9.78 Å². The minimum atomic E-state index is 0.731. The third kappa shape index (κ3) is 1.75. The summed E-state index contributed by atoms with van der Waals surface area (Å²) >= 11 is 7.41. The Labute approximate surface area is 97.5 Å². The molecule has 0 aliphatic rings. The molecule has 2 rings (SSSR count). The molecule has 0 atom stereocenters. The van der Waals surface area contributed by atoms with Gasteiger partial charge in [0.2, 0.25) is 0 Å². The first-order valence-corrected chi connectivity index (χ1v) is 5.95. The minimum Gasteiger partial charge on any atom is -0.384 e. The molecule has 0 saturated heterocycles. The lowest BCUT2D eigenvalue weighted by Crippen LogP contribution is -1.98. The van der Waals surface area contributed by atoms with Gasteiger partial charge in [-0.3, -0.25) is 4.68 Å². The topological polar surface area (TPSA) is 43.8 Å². The van der Waals surface area contributed by atoms with Gasteiger partial charge in [-0.1, -0.05) is 18.5 Å². The zero-order chi connectivity index (χ0) is 11.0. The maximum atomic E-state index is 5.93. The number of nitrogens with two attached hydrogens (primary N) is 1. The number of halogens is 1. The maximum Gasteiger partial charge on any atom is 0.125 e.